The van der Waals surface area contributed by atoms with Crippen molar-refractivity contribution in [2.24, 2.45) is 5.73 Å². The number of benzene rings is 1. The van der Waals surface area contributed by atoms with Crippen LogP contribution < -0.4 is 10.5 Å². The smallest absolute Gasteiger partial charge is 0.312 e. The van der Waals surface area contributed by atoms with Gasteiger partial charge in [0, 0.05) is 18.6 Å². The van der Waals surface area contributed by atoms with E-state index in [0.29, 0.717) is 12.8 Å². The maximum Gasteiger partial charge on any atom is 0.312 e. The van der Waals surface area contributed by atoms with E-state index in [-0.39, 0.29) is 28.4 Å². The summed E-state index contributed by atoms with van der Waals surface area (Å²) in [6.45, 7) is 0.126. The van der Waals surface area contributed by atoms with Gasteiger partial charge < -0.3 is 10.5 Å². The number of nitro benzene ring substituents is 1. The van der Waals surface area contributed by atoms with Crippen molar-refractivity contribution in [1.29, 1.82) is 5.41 Å². The molecular weight excluding hydrogens is 309 g/mol. The highest BCUT2D eigenvalue weighted by molar-refractivity contribution is 9.10. The molecule has 18 heavy (non-hydrogen) atoms. The lowest BCUT2D eigenvalue weighted by Gasteiger charge is -2.07. The number of amidine groups is 1. The van der Waals surface area contributed by atoms with Crippen LogP contribution in [0.4, 0.5) is 10.1 Å². The molecule has 0 saturated heterocycles. The Morgan fingerprint density at radius 1 is 1.61 bits per heavy atom. The Kier molecular flexibility index (Phi) is 5.02. The molecule has 0 heterocycles. The molecule has 0 saturated carbocycles. The number of nitrogens with zero attached hydrogens (tertiary/aromatic N) is 1. The molecule has 1 aromatic rings. The van der Waals surface area contributed by atoms with Crippen LogP contribution in [0.25, 0.3) is 0 Å². The van der Waals surface area contributed by atoms with Crippen LogP contribution in [0.5, 0.6) is 5.75 Å². The molecule has 8 heteroatoms. The summed E-state index contributed by atoms with van der Waals surface area (Å²) < 4.78 is 18.4. The number of hydrogen-bond donors (Lipinski definition) is 2. The molecule has 3 N–H and O–H groups in total. The highest BCUT2D eigenvalue weighted by Gasteiger charge is 2.18. The maximum absolute atomic E-state index is 13.3. The average Bonchev–Trinajstić information content (AvgIpc) is 2.28. The van der Waals surface area contributed by atoms with Crippen LogP contribution in [0.3, 0.4) is 0 Å². The van der Waals surface area contributed by atoms with Gasteiger partial charge in [0.15, 0.2) is 5.75 Å². The minimum absolute atomic E-state index is 0.00489. The van der Waals surface area contributed by atoms with Gasteiger partial charge in [0.05, 0.1) is 21.8 Å². The molecule has 0 spiro atoms. The van der Waals surface area contributed by atoms with E-state index < -0.39 is 10.7 Å². The number of nitrogens with one attached hydrogen (secondary N) is 1. The van der Waals surface area contributed by atoms with Gasteiger partial charge in [-0.05, 0) is 22.4 Å². The summed E-state index contributed by atoms with van der Waals surface area (Å²) in [7, 11) is 0. The first-order valence-corrected chi connectivity index (χ1v) is 5.80. The molecule has 6 nitrogen and oxygen atoms in total. The van der Waals surface area contributed by atoms with E-state index in [4.69, 9.17) is 15.9 Å². The lowest BCUT2D eigenvalue weighted by molar-refractivity contribution is -0.386. The molecule has 0 aliphatic heterocycles. The minimum Gasteiger partial charge on any atom is -0.487 e. The molecule has 0 fully saturated rings. The zero-order valence-corrected chi connectivity index (χ0v) is 10.9. The minimum atomic E-state index is -0.648. The van der Waals surface area contributed by atoms with Crippen molar-refractivity contribution in [3.8, 4) is 5.75 Å². The second-order valence-corrected chi connectivity index (χ2v) is 4.32. The Labute approximate surface area is 111 Å². The fraction of sp³-hybridized carbons (Fsp3) is 0.300. The van der Waals surface area contributed by atoms with E-state index in [2.05, 4.69) is 15.9 Å². The van der Waals surface area contributed by atoms with Crippen LogP contribution in [0.1, 0.15) is 12.8 Å². The molecule has 0 bridgehead atoms. The van der Waals surface area contributed by atoms with Crippen molar-refractivity contribution in [3.63, 3.8) is 0 Å². The summed E-state index contributed by atoms with van der Waals surface area (Å²) in [4.78, 5) is 10.1. The largest absolute Gasteiger partial charge is 0.487 e. The SMILES string of the molecule is N=C(N)CCCOc1cc(F)c(Br)cc1[N+](=O)[O-]. The lowest BCUT2D eigenvalue weighted by Crippen LogP contribution is -2.11. The predicted octanol–water partition coefficient (Wildman–Crippen LogP) is 2.59. The van der Waals surface area contributed by atoms with Crippen molar-refractivity contribution in [2.75, 3.05) is 6.61 Å². The van der Waals surface area contributed by atoms with Crippen LogP contribution in [-0.4, -0.2) is 17.4 Å². The highest BCUT2D eigenvalue weighted by atomic mass is 79.9. The Morgan fingerprint density at radius 3 is 2.83 bits per heavy atom. The van der Waals surface area contributed by atoms with Gasteiger partial charge >= 0.3 is 5.69 Å². The molecule has 0 aliphatic rings. The molecule has 1 aromatic carbocycles. The number of nitro groups is 1. The van der Waals surface area contributed by atoms with Gasteiger partial charge in [0.25, 0.3) is 0 Å². The maximum atomic E-state index is 13.3. The fourth-order valence-electron chi connectivity index (χ4n) is 1.22. The quantitative estimate of drug-likeness (QED) is 0.276. The molecule has 0 radical (unpaired) electrons. The third-order valence-corrected chi connectivity index (χ3v) is 2.65. The fourth-order valence-corrected chi connectivity index (χ4v) is 1.55. The van der Waals surface area contributed by atoms with Crippen molar-refractivity contribution in [1.82, 2.24) is 0 Å². The van der Waals surface area contributed by atoms with Crippen molar-refractivity contribution in [2.45, 2.75) is 12.8 Å². The summed E-state index contributed by atoms with van der Waals surface area (Å²) in [5.74, 6) is -0.762. The zero-order valence-electron chi connectivity index (χ0n) is 9.28. The molecule has 0 unspecified atom stereocenters. The van der Waals surface area contributed by atoms with Crippen LogP contribution in [-0.2, 0) is 0 Å². The van der Waals surface area contributed by atoms with Crippen LogP contribution in [0.2, 0.25) is 0 Å². The van der Waals surface area contributed by atoms with Gasteiger partial charge in [-0.2, -0.15) is 0 Å². The second-order valence-electron chi connectivity index (χ2n) is 3.47. The van der Waals surface area contributed by atoms with Gasteiger partial charge in [-0.15, -0.1) is 0 Å². The molecule has 98 valence electrons. The summed E-state index contributed by atoms with van der Waals surface area (Å²) in [6.07, 6.45) is 0.761. The van der Waals surface area contributed by atoms with Gasteiger partial charge in [0.2, 0.25) is 0 Å². The predicted molar refractivity (Wildman–Crippen MR) is 67.4 cm³/mol. The van der Waals surface area contributed by atoms with E-state index in [1.54, 1.807) is 0 Å². The first-order valence-electron chi connectivity index (χ1n) is 5.01. The Hall–Kier alpha value is -1.70. The highest BCUT2D eigenvalue weighted by Crippen LogP contribution is 2.32. The van der Waals surface area contributed by atoms with Gasteiger partial charge in [0.1, 0.15) is 5.82 Å². The van der Waals surface area contributed by atoms with Crippen LogP contribution in [0.15, 0.2) is 16.6 Å². The van der Waals surface area contributed by atoms with E-state index in [0.717, 1.165) is 12.1 Å². The molecule has 0 atom stereocenters. The lowest BCUT2D eigenvalue weighted by atomic mass is 10.3. The van der Waals surface area contributed by atoms with Crippen LogP contribution >= 0.6 is 15.9 Å². The second kappa shape index (κ2) is 6.29. The summed E-state index contributed by atoms with van der Waals surface area (Å²) >= 11 is 2.87. The third-order valence-electron chi connectivity index (χ3n) is 2.05. The average molecular weight is 320 g/mol. The molecular formula is C10H11BrFN3O3. The van der Waals surface area contributed by atoms with E-state index >= 15 is 0 Å². The third kappa shape index (κ3) is 3.95. The number of rotatable bonds is 6. The Bertz CT molecular complexity index is 482. The monoisotopic (exact) mass is 319 g/mol. The van der Waals surface area contributed by atoms with Crippen LogP contribution in [0, 0.1) is 21.3 Å². The summed E-state index contributed by atoms with van der Waals surface area (Å²) in [5, 5.41) is 17.8. The van der Waals surface area contributed by atoms with Gasteiger partial charge in [-0.3, -0.25) is 15.5 Å². The van der Waals surface area contributed by atoms with Crippen molar-refractivity contribution >= 4 is 27.5 Å². The Morgan fingerprint density at radius 2 is 2.28 bits per heavy atom. The van der Waals surface area contributed by atoms with E-state index in [9.17, 15) is 14.5 Å². The van der Waals surface area contributed by atoms with Crippen molar-refractivity contribution in [3.05, 3.63) is 32.5 Å². The first-order chi connectivity index (χ1) is 8.41. The van der Waals surface area contributed by atoms with E-state index in [1.165, 1.54) is 0 Å². The number of halogens is 2. The molecule has 1 rings (SSSR count). The summed E-state index contributed by atoms with van der Waals surface area (Å²) in [6, 6.07) is 2.01. The van der Waals surface area contributed by atoms with Gasteiger partial charge in [-0.1, -0.05) is 0 Å². The molecule has 0 aromatic heterocycles. The topological polar surface area (TPSA) is 102 Å². The standard InChI is InChI=1S/C10H11BrFN3O3/c11-6-4-8(15(16)17)9(5-7(6)12)18-3-1-2-10(13)14/h4-5H,1-3H2,(H3,13,14). The number of hydrogen-bond acceptors (Lipinski definition) is 4. The van der Waals surface area contributed by atoms with Gasteiger partial charge in [-0.25, -0.2) is 4.39 Å². The zero-order chi connectivity index (χ0) is 13.7. The number of nitrogens with two attached hydrogens (primary N) is 1. The van der Waals surface area contributed by atoms with Crippen molar-refractivity contribution < 1.29 is 14.1 Å². The van der Waals surface area contributed by atoms with E-state index in [1.807, 2.05) is 0 Å². The number of ether oxygens (including phenoxy) is 1. The first kappa shape index (κ1) is 14.4. The normalized spacial score (nSPS) is 10.1. The molecule has 0 aliphatic carbocycles. The summed E-state index contributed by atoms with van der Waals surface area (Å²) in [5.41, 5.74) is 4.83. The Balaban J connectivity index is 2.77. The molecule has 0 amide bonds.